The van der Waals surface area contributed by atoms with Crippen LogP contribution in [-0.2, 0) is 11.3 Å². The Morgan fingerprint density at radius 3 is 2.32 bits per heavy atom. The van der Waals surface area contributed by atoms with E-state index in [1.807, 2.05) is 34.6 Å². The first-order valence-corrected chi connectivity index (χ1v) is 11.5. The summed E-state index contributed by atoms with van der Waals surface area (Å²) in [7, 11) is 0. The molecule has 0 bridgehead atoms. The van der Waals surface area contributed by atoms with Gasteiger partial charge in [0.2, 0.25) is 5.88 Å². The molecule has 0 saturated carbocycles. The van der Waals surface area contributed by atoms with Crippen molar-refractivity contribution in [1.82, 2.24) is 14.7 Å². The SMILES string of the molecule is Cc1nn(-c2ccc(F)cc2)c(Oc2ccccc2F)c1CN(CC(O)COC(C)C)C(C)C. The fourth-order valence-corrected chi connectivity index (χ4v) is 3.50. The van der Waals surface area contributed by atoms with Crippen molar-refractivity contribution in [2.45, 2.75) is 59.4 Å². The van der Waals surface area contributed by atoms with Gasteiger partial charge in [0, 0.05) is 19.1 Å². The van der Waals surface area contributed by atoms with Gasteiger partial charge in [0.25, 0.3) is 0 Å². The summed E-state index contributed by atoms with van der Waals surface area (Å²) in [5, 5.41) is 15.1. The van der Waals surface area contributed by atoms with Gasteiger partial charge in [-0.25, -0.2) is 13.5 Å². The van der Waals surface area contributed by atoms with Crippen LogP contribution in [0.4, 0.5) is 8.78 Å². The van der Waals surface area contributed by atoms with E-state index in [0.29, 0.717) is 30.4 Å². The lowest BCUT2D eigenvalue weighted by Crippen LogP contribution is -2.39. The van der Waals surface area contributed by atoms with E-state index in [1.54, 1.807) is 35.0 Å². The number of benzene rings is 2. The molecule has 1 N–H and O–H groups in total. The molecule has 6 nitrogen and oxygen atoms in total. The predicted molar refractivity (Wildman–Crippen MR) is 127 cm³/mol. The summed E-state index contributed by atoms with van der Waals surface area (Å²) in [6, 6.07) is 12.1. The van der Waals surface area contributed by atoms with Gasteiger partial charge in [-0.05, 0) is 71.0 Å². The van der Waals surface area contributed by atoms with Crippen molar-refractivity contribution in [3.05, 3.63) is 71.4 Å². The largest absolute Gasteiger partial charge is 0.435 e. The molecule has 1 aromatic heterocycles. The summed E-state index contributed by atoms with van der Waals surface area (Å²) in [4.78, 5) is 2.08. The molecule has 0 aliphatic rings. The highest BCUT2D eigenvalue weighted by atomic mass is 19.1. The molecule has 2 aromatic carbocycles. The molecule has 1 atom stereocenters. The van der Waals surface area contributed by atoms with Crippen LogP contribution in [0.1, 0.15) is 39.0 Å². The number of nitrogens with zero attached hydrogens (tertiary/aromatic N) is 3. The van der Waals surface area contributed by atoms with Gasteiger partial charge < -0.3 is 14.6 Å². The molecule has 34 heavy (non-hydrogen) atoms. The summed E-state index contributed by atoms with van der Waals surface area (Å²) in [6.45, 7) is 10.8. The van der Waals surface area contributed by atoms with Crippen LogP contribution in [0.25, 0.3) is 5.69 Å². The van der Waals surface area contributed by atoms with E-state index in [9.17, 15) is 13.9 Å². The van der Waals surface area contributed by atoms with Gasteiger partial charge in [0.05, 0.1) is 35.8 Å². The highest BCUT2D eigenvalue weighted by Crippen LogP contribution is 2.33. The standard InChI is InChI=1S/C26H33F2N3O3/c1-17(2)30(14-22(32)16-33-18(3)4)15-23-19(5)29-31(21-12-10-20(27)11-13-21)26(23)34-25-9-7-6-8-24(25)28/h6-13,17-18,22,32H,14-16H2,1-5H3. The van der Waals surface area contributed by atoms with Crippen molar-refractivity contribution in [1.29, 1.82) is 0 Å². The third-order valence-corrected chi connectivity index (χ3v) is 5.41. The number of hydrogen-bond donors (Lipinski definition) is 1. The highest BCUT2D eigenvalue weighted by molar-refractivity contribution is 5.43. The Morgan fingerprint density at radius 1 is 1.03 bits per heavy atom. The van der Waals surface area contributed by atoms with Crippen molar-refractivity contribution >= 4 is 0 Å². The second-order valence-corrected chi connectivity index (χ2v) is 8.85. The van der Waals surface area contributed by atoms with Crippen LogP contribution in [0.5, 0.6) is 11.6 Å². The van der Waals surface area contributed by atoms with Crippen molar-refractivity contribution in [2.75, 3.05) is 13.2 Å². The van der Waals surface area contributed by atoms with E-state index in [1.165, 1.54) is 18.2 Å². The van der Waals surface area contributed by atoms with Crippen LogP contribution in [-0.4, -0.2) is 51.2 Å². The average Bonchev–Trinajstić information content (AvgIpc) is 3.09. The molecule has 0 spiro atoms. The first kappa shape index (κ1) is 25.8. The number of aryl methyl sites for hydroxylation is 1. The van der Waals surface area contributed by atoms with Gasteiger partial charge in [-0.1, -0.05) is 12.1 Å². The predicted octanol–water partition coefficient (Wildman–Crippen LogP) is 5.25. The third-order valence-electron chi connectivity index (χ3n) is 5.41. The van der Waals surface area contributed by atoms with Crippen LogP contribution in [0.3, 0.4) is 0 Å². The van der Waals surface area contributed by atoms with E-state index in [2.05, 4.69) is 10.00 Å². The lowest BCUT2D eigenvalue weighted by molar-refractivity contribution is -0.0137. The summed E-state index contributed by atoms with van der Waals surface area (Å²) in [5.41, 5.74) is 2.02. The first-order valence-electron chi connectivity index (χ1n) is 11.5. The summed E-state index contributed by atoms with van der Waals surface area (Å²) in [5.74, 6) is -0.464. The maximum Gasteiger partial charge on any atom is 0.227 e. The average molecular weight is 474 g/mol. The van der Waals surface area contributed by atoms with E-state index in [0.717, 1.165) is 5.56 Å². The summed E-state index contributed by atoms with van der Waals surface area (Å²) in [6.07, 6.45) is -0.646. The van der Waals surface area contributed by atoms with E-state index in [-0.39, 0.29) is 30.3 Å². The molecule has 0 radical (unpaired) electrons. The van der Waals surface area contributed by atoms with Crippen LogP contribution in [0.2, 0.25) is 0 Å². The van der Waals surface area contributed by atoms with Gasteiger partial charge in [-0.3, -0.25) is 4.90 Å². The third kappa shape index (κ3) is 6.62. The number of hydrogen-bond acceptors (Lipinski definition) is 5. The van der Waals surface area contributed by atoms with Crippen molar-refractivity contribution < 1.29 is 23.4 Å². The molecule has 184 valence electrons. The highest BCUT2D eigenvalue weighted by Gasteiger charge is 2.24. The Kier molecular flexibility index (Phi) is 8.77. The molecule has 1 heterocycles. The fraction of sp³-hybridized carbons (Fsp3) is 0.423. The molecule has 3 aromatic rings. The van der Waals surface area contributed by atoms with Crippen LogP contribution in [0, 0.1) is 18.6 Å². The first-order chi connectivity index (χ1) is 16.2. The smallest absolute Gasteiger partial charge is 0.227 e. The minimum Gasteiger partial charge on any atom is -0.435 e. The lowest BCUT2D eigenvalue weighted by atomic mass is 10.2. The zero-order chi connectivity index (χ0) is 24.8. The summed E-state index contributed by atoms with van der Waals surface area (Å²) >= 11 is 0. The monoisotopic (exact) mass is 473 g/mol. The van der Waals surface area contributed by atoms with Gasteiger partial charge in [-0.2, -0.15) is 5.10 Å². The van der Waals surface area contributed by atoms with Crippen LogP contribution in [0.15, 0.2) is 48.5 Å². The number of halogens is 2. The van der Waals surface area contributed by atoms with E-state index < -0.39 is 11.9 Å². The lowest BCUT2D eigenvalue weighted by Gasteiger charge is -2.29. The molecule has 1 unspecified atom stereocenters. The van der Waals surface area contributed by atoms with Crippen molar-refractivity contribution in [2.24, 2.45) is 0 Å². The maximum atomic E-state index is 14.5. The normalized spacial score (nSPS) is 12.7. The van der Waals surface area contributed by atoms with Gasteiger partial charge in [-0.15, -0.1) is 0 Å². The Balaban J connectivity index is 1.97. The fourth-order valence-electron chi connectivity index (χ4n) is 3.50. The molecule has 8 heteroatoms. The Bertz CT molecular complexity index is 1070. The molecule has 0 saturated heterocycles. The Morgan fingerprint density at radius 2 is 1.71 bits per heavy atom. The molecule has 0 fully saturated rings. The van der Waals surface area contributed by atoms with E-state index >= 15 is 0 Å². The minimum absolute atomic E-state index is 0.0270. The second kappa shape index (κ2) is 11.6. The number of para-hydroxylation sites is 1. The van der Waals surface area contributed by atoms with Crippen LogP contribution >= 0.6 is 0 Å². The van der Waals surface area contributed by atoms with E-state index in [4.69, 9.17) is 9.47 Å². The molecule has 0 aliphatic heterocycles. The van der Waals surface area contributed by atoms with Crippen molar-refractivity contribution in [3.8, 4) is 17.3 Å². The number of ether oxygens (including phenoxy) is 2. The topological polar surface area (TPSA) is 59.8 Å². The van der Waals surface area contributed by atoms with Crippen molar-refractivity contribution in [3.63, 3.8) is 0 Å². The molecule has 0 amide bonds. The minimum atomic E-state index is -0.673. The van der Waals surface area contributed by atoms with Gasteiger partial charge in [0.1, 0.15) is 5.82 Å². The Labute approximate surface area is 199 Å². The quantitative estimate of drug-likeness (QED) is 0.412. The zero-order valence-corrected chi connectivity index (χ0v) is 20.3. The number of aromatic nitrogens is 2. The maximum absolute atomic E-state index is 14.5. The van der Waals surface area contributed by atoms with Gasteiger partial charge in [0.15, 0.2) is 11.6 Å². The van der Waals surface area contributed by atoms with Gasteiger partial charge >= 0.3 is 0 Å². The number of rotatable bonds is 11. The molecular formula is C26H33F2N3O3. The second-order valence-electron chi connectivity index (χ2n) is 8.85. The summed E-state index contributed by atoms with van der Waals surface area (Å²) < 4.78 is 41.1. The molecule has 0 aliphatic carbocycles. The zero-order valence-electron chi connectivity index (χ0n) is 20.3. The molecule has 3 rings (SSSR count). The number of aliphatic hydroxyl groups is 1. The van der Waals surface area contributed by atoms with Crippen LogP contribution < -0.4 is 4.74 Å². The number of aliphatic hydroxyl groups excluding tert-OH is 1. The Hall–Kier alpha value is -2.81. The molecular weight excluding hydrogens is 440 g/mol.